The van der Waals surface area contributed by atoms with E-state index >= 15 is 0 Å². The molecule has 3 aromatic heterocycles. The predicted octanol–water partition coefficient (Wildman–Crippen LogP) is 3.54. The van der Waals surface area contributed by atoms with Crippen LogP contribution in [0.2, 0.25) is 0 Å². The Morgan fingerprint density at radius 1 is 1.33 bits per heavy atom. The number of benzene rings is 1. The van der Waals surface area contributed by atoms with Crippen molar-refractivity contribution in [2.24, 2.45) is 0 Å². The molecule has 0 amide bonds. The van der Waals surface area contributed by atoms with Gasteiger partial charge in [-0.15, -0.1) is 0 Å². The summed E-state index contributed by atoms with van der Waals surface area (Å²) in [4.78, 5) is 8.81. The molecule has 1 aliphatic rings. The lowest BCUT2D eigenvalue weighted by Gasteiger charge is -2.25. The molecule has 3 heterocycles. The molecule has 7 nitrogen and oxygen atoms in total. The van der Waals surface area contributed by atoms with E-state index in [4.69, 9.17) is 9.51 Å². The van der Waals surface area contributed by atoms with Crippen LogP contribution in [0.4, 0.5) is 0 Å². The zero-order valence-corrected chi connectivity index (χ0v) is 15.0. The average molecular weight is 360 g/mol. The Hall–Kier alpha value is -3.22. The third-order valence-electron chi connectivity index (χ3n) is 5.42. The Bertz CT molecular complexity index is 1050. The Labute approximate surface area is 156 Å². The van der Waals surface area contributed by atoms with Gasteiger partial charge in [-0.05, 0) is 36.0 Å². The van der Waals surface area contributed by atoms with Gasteiger partial charge in [0.05, 0.1) is 12.5 Å². The van der Waals surface area contributed by atoms with Gasteiger partial charge in [-0.2, -0.15) is 10.1 Å². The van der Waals surface area contributed by atoms with Crippen molar-refractivity contribution in [2.75, 3.05) is 0 Å². The molecule has 27 heavy (non-hydrogen) atoms. The number of aryl methyl sites for hydroxylation is 1. The van der Waals surface area contributed by atoms with Crippen LogP contribution in [0.15, 0.2) is 53.7 Å². The van der Waals surface area contributed by atoms with Crippen LogP contribution in [0.3, 0.4) is 0 Å². The first-order valence-electron chi connectivity index (χ1n) is 9.19. The van der Waals surface area contributed by atoms with E-state index in [1.807, 2.05) is 35.4 Å². The van der Waals surface area contributed by atoms with E-state index in [1.54, 1.807) is 6.20 Å². The number of nitrogens with one attached hydrogen (secondary N) is 1. The van der Waals surface area contributed by atoms with Crippen LogP contribution in [-0.4, -0.2) is 29.9 Å². The number of imidazole rings is 1. The number of aromatic amines is 1. The maximum Gasteiger partial charge on any atom is 0.230 e. The fraction of sp³-hybridized carbons (Fsp3) is 0.300. The Kier molecular flexibility index (Phi) is 3.85. The summed E-state index contributed by atoms with van der Waals surface area (Å²) in [5, 5.41) is 11.5. The molecule has 0 aliphatic heterocycles. The minimum atomic E-state index is 0.227. The summed E-state index contributed by atoms with van der Waals surface area (Å²) >= 11 is 0. The Morgan fingerprint density at radius 3 is 3.19 bits per heavy atom. The number of hydrogen-bond donors (Lipinski definition) is 1. The van der Waals surface area contributed by atoms with Crippen LogP contribution in [-0.2, 0) is 13.0 Å². The molecule has 2 unspecified atom stereocenters. The zero-order valence-electron chi connectivity index (χ0n) is 15.0. The second kappa shape index (κ2) is 6.50. The van der Waals surface area contributed by atoms with Gasteiger partial charge in [0.1, 0.15) is 0 Å². The lowest BCUT2D eigenvalue weighted by atomic mass is 9.79. The molecule has 4 aromatic rings. The molecule has 1 aliphatic carbocycles. The van der Waals surface area contributed by atoms with Crippen molar-refractivity contribution in [3.05, 3.63) is 71.9 Å². The van der Waals surface area contributed by atoms with Gasteiger partial charge >= 0.3 is 0 Å². The first-order chi connectivity index (χ1) is 13.3. The zero-order chi connectivity index (χ0) is 18.2. The smallest absolute Gasteiger partial charge is 0.230 e. The fourth-order valence-corrected chi connectivity index (χ4v) is 3.92. The molecule has 1 aromatic carbocycles. The van der Waals surface area contributed by atoms with Gasteiger partial charge in [-0.25, -0.2) is 4.98 Å². The molecule has 0 radical (unpaired) electrons. The van der Waals surface area contributed by atoms with Crippen LogP contribution in [0.5, 0.6) is 0 Å². The van der Waals surface area contributed by atoms with Crippen LogP contribution >= 0.6 is 0 Å². The van der Waals surface area contributed by atoms with Gasteiger partial charge in [0.15, 0.2) is 0 Å². The molecule has 7 heteroatoms. The lowest BCUT2D eigenvalue weighted by Crippen LogP contribution is -2.16. The number of nitrogens with zero attached hydrogens (tertiary/aromatic N) is 5. The standard InChI is InChI=1S/C20H20N6O/c1-13-16(5-6-18-17(13)10-22-24-18)20-23-19(25-27-20)15-4-2-3-14(9-15)11-26-8-7-21-12-26/h2-4,7-10,12-13,16H,5-6,11H2,1H3,(H,22,24). The second-order valence-electron chi connectivity index (χ2n) is 7.13. The summed E-state index contributed by atoms with van der Waals surface area (Å²) in [6, 6.07) is 8.24. The van der Waals surface area contributed by atoms with Gasteiger partial charge in [-0.1, -0.05) is 30.3 Å². The molecule has 0 saturated heterocycles. The van der Waals surface area contributed by atoms with E-state index in [1.165, 1.54) is 16.8 Å². The quantitative estimate of drug-likeness (QED) is 0.602. The highest BCUT2D eigenvalue weighted by molar-refractivity contribution is 5.55. The SMILES string of the molecule is CC1c2cn[nH]c2CCC1c1nc(-c2cccc(Cn3ccnc3)c2)no1. The molecule has 1 N–H and O–H groups in total. The molecule has 0 spiro atoms. The normalized spacial score (nSPS) is 19.1. The highest BCUT2D eigenvalue weighted by atomic mass is 16.5. The van der Waals surface area contributed by atoms with Crippen molar-refractivity contribution in [1.29, 1.82) is 0 Å². The van der Waals surface area contributed by atoms with Crippen molar-refractivity contribution < 1.29 is 4.52 Å². The van der Waals surface area contributed by atoms with Gasteiger partial charge in [-0.3, -0.25) is 5.10 Å². The highest BCUT2D eigenvalue weighted by Crippen LogP contribution is 2.41. The summed E-state index contributed by atoms with van der Waals surface area (Å²) in [5.74, 6) is 1.89. The summed E-state index contributed by atoms with van der Waals surface area (Å²) < 4.78 is 7.69. The number of fused-ring (bicyclic) bond motifs is 1. The van der Waals surface area contributed by atoms with Crippen molar-refractivity contribution in [3.63, 3.8) is 0 Å². The molecule has 0 saturated carbocycles. The lowest BCUT2D eigenvalue weighted by molar-refractivity contribution is 0.323. The van der Waals surface area contributed by atoms with E-state index in [2.05, 4.69) is 39.4 Å². The Morgan fingerprint density at radius 2 is 2.30 bits per heavy atom. The Balaban J connectivity index is 1.40. The van der Waals surface area contributed by atoms with Crippen LogP contribution in [0.25, 0.3) is 11.4 Å². The van der Waals surface area contributed by atoms with Gasteiger partial charge in [0, 0.05) is 36.1 Å². The van der Waals surface area contributed by atoms with Crippen molar-refractivity contribution >= 4 is 0 Å². The fourth-order valence-electron chi connectivity index (χ4n) is 3.92. The summed E-state index contributed by atoms with van der Waals surface area (Å²) in [6.07, 6.45) is 9.41. The van der Waals surface area contributed by atoms with Crippen molar-refractivity contribution in [3.8, 4) is 11.4 Å². The topological polar surface area (TPSA) is 85.4 Å². The van der Waals surface area contributed by atoms with Gasteiger partial charge in [0.25, 0.3) is 0 Å². The van der Waals surface area contributed by atoms with E-state index in [0.717, 1.165) is 24.9 Å². The van der Waals surface area contributed by atoms with E-state index in [0.29, 0.717) is 17.6 Å². The molecule has 2 atom stereocenters. The van der Waals surface area contributed by atoms with Gasteiger partial charge in [0.2, 0.25) is 11.7 Å². The maximum absolute atomic E-state index is 5.66. The number of H-pyrrole nitrogens is 1. The van der Waals surface area contributed by atoms with E-state index in [-0.39, 0.29) is 5.92 Å². The minimum absolute atomic E-state index is 0.227. The molecule has 136 valence electrons. The third-order valence-corrected chi connectivity index (χ3v) is 5.42. The number of hydrogen-bond acceptors (Lipinski definition) is 5. The molecular weight excluding hydrogens is 340 g/mol. The van der Waals surface area contributed by atoms with Gasteiger partial charge < -0.3 is 9.09 Å². The number of aromatic nitrogens is 6. The average Bonchev–Trinajstić information content (AvgIpc) is 3.44. The predicted molar refractivity (Wildman–Crippen MR) is 99.1 cm³/mol. The monoisotopic (exact) mass is 360 g/mol. The third kappa shape index (κ3) is 2.95. The van der Waals surface area contributed by atoms with Crippen molar-refractivity contribution in [2.45, 2.75) is 38.1 Å². The maximum atomic E-state index is 5.66. The minimum Gasteiger partial charge on any atom is -0.339 e. The second-order valence-corrected chi connectivity index (χ2v) is 7.13. The molecular formula is C20H20N6O. The molecule has 0 fully saturated rings. The van der Waals surface area contributed by atoms with E-state index < -0.39 is 0 Å². The molecule has 0 bridgehead atoms. The first-order valence-corrected chi connectivity index (χ1v) is 9.19. The largest absolute Gasteiger partial charge is 0.339 e. The van der Waals surface area contributed by atoms with Crippen molar-refractivity contribution in [1.82, 2.24) is 29.9 Å². The number of rotatable bonds is 4. The summed E-state index contributed by atoms with van der Waals surface area (Å²) in [7, 11) is 0. The van der Waals surface area contributed by atoms with E-state index in [9.17, 15) is 0 Å². The van der Waals surface area contributed by atoms with Crippen LogP contribution < -0.4 is 0 Å². The van der Waals surface area contributed by atoms with Crippen LogP contribution in [0, 0.1) is 0 Å². The summed E-state index contributed by atoms with van der Waals surface area (Å²) in [6.45, 7) is 2.97. The first kappa shape index (κ1) is 16.0. The van der Waals surface area contributed by atoms with Crippen LogP contribution in [0.1, 0.15) is 47.9 Å². The molecule has 5 rings (SSSR count). The summed E-state index contributed by atoms with van der Waals surface area (Å²) in [5.41, 5.74) is 4.63. The highest BCUT2D eigenvalue weighted by Gasteiger charge is 2.32.